The van der Waals surface area contributed by atoms with E-state index >= 15 is 0 Å². The minimum atomic E-state index is 0.500. The summed E-state index contributed by atoms with van der Waals surface area (Å²) in [7, 11) is 1.70. The van der Waals surface area contributed by atoms with Crippen molar-refractivity contribution in [2.45, 2.75) is 25.8 Å². The van der Waals surface area contributed by atoms with Gasteiger partial charge in [0, 0.05) is 31.9 Å². The molecule has 0 radical (unpaired) electrons. The molecule has 1 aromatic heterocycles. The summed E-state index contributed by atoms with van der Waals surface area (Å²) in [4.78, 5) is 6.78. The van der Waals surface area contributed by atoms with Crippen molar-refractivity contribution in [3.63, 3.8) is 0 Å². The lowest BCUT2D eigenvalue weighted by atomic mass is 10.2. The molecule has 108 valence electrons. The van der Waals surface area contributed by atoms with Crippen LogP contribution in [0.25, 0.3) is 0 Å². The molecule has 2 heterocycles. The van der Waals surface area contributed by atoms with E-state index < -0.39 is 0 Å². The van der Waals surface area contributed by atoms with Crippen LogP contribution in [0.4, 0.5) is 5.82 Å². The minimum Gasteiger partial charge on any atom is -0.383 e. The smallest absolute Gasteiger partial charge is 0.130 e. The van der Waals surface area contributed by atoms with Gasteiger partial charge in [-0.2, -0.15) is 5.26 Å². The third-order valence-electron chi connectivity index (χ3n) is 3.56. The molecule has 1 unspecified atom stereocenters. The van der Waals surface area contributed by atoms with E-state index in [1.165, 1.54) is 12.8 Å². The summed E-state index contributed by atoms with van der Waals surface area (Å²) < 4.78 is 5.19. The van der Waals surface area contributed by atoms with Gasteiger partial charge in [0.25, 0.3) is 0 Å². The fourth-order valence-electron chi connectivity index (χ4n) is 2.56. The van der Waals surface area contributed by atoms with Gasteiger partial charge in [0.2, 0.25) is 0 Å². The van der Waals surface area contributed by atoms with Crippen LogP contribution < -0.4 is 10.2 Å². The highest BCUT2D eigenvalue weighted by molar-refractivity contribution is 5.46. The monoisotopic (exact) mass is 274 g/mol. The number of aryl methyl sites for hydroxylation is 1. The van der Waals surface area contributed by atoms with Crippen LogP contribution in [0.3, 0.4) is 0 Å². The molecule has 5 nitrogen and oxygen atoms in total. The van der Waals surface area contributed by atoms with Crippen molar-refractivity contribution in [2.24, 2.45) is 0 Å². The zero-order valence-electron chi connectivity index (χ0n) is 12.2. The molecule has 0 spiro atoms. The van der Waals surface area contributed by atoms with Crippen molar-refractivity contribution in [1.82, 2.24) is 10.3 Å². The number of hydrogen-bond acceptors (Lipinski definition) is 5. The average Bonchev–Trinajstić information content (AvgIpc) is 2.95. The lowest BCUT2D eigenvalue weighted by molar-refractivity contribution is 0.204. The first-order chi connectivity index (χ1) is 9.72. The number of aromatic nitrogens is 1. The first-order valence-electron chi connectivity index (χ1n) is 7.09. The van der Waals surface area contributed by atoms with Crippen molar-refractivity contribution in [3.05, 3.63) is 23.4 Å². The third-order valence-corrected chi connectivity index (χ3v) is 3.56. The Labute approximate surface area is 120 Å². The van der Waals surface area contributed by atoms with Crippen LogP contribution in [-0.2, 0) is 4.74 Å². The summed E-state index contributed by atoms with van der Waals surface area (Å²) in [6, 6.07) is 6.37. The Morgan fingerprint density at radius 2 is 2.40 bits per heavy atom. The van der Waals surface area contributed by atoms with Gasteiger partial charge < -0.3 is 15.0 Å². The molecule has 1 aromatic rings. The zero-order chi connectivity index (χ0) is 14.4. The second kappa shape index (κ2) is 7.22. The van der Waals surface area contributed by atoms with Crippen molar-refractivity contribution in [2.75, 3.05) is 38.3 Å². The largest absolute Gasteiger partial charge is 0.383 e. The number of ether oxygens (including phenoxy) is 1. The van der Waals surface area contributed by atoms with E-state index in [-0.39, 0.29) is 0 Å². The second-order valence-corrected chi connectivity index (χ2v) is 5.20. The molecular formula is C15H22N4O. The fourth-order valence-corrected chi connectivity index (χ4v) is 2.56. The Kier molecular flexibility index (Phi) is 5.33. The lowest BCUT2D eigenvalue weighted by Crippen LogP contribution is -2.39. The summed E-state index contributed by atoms with van der Waals surface area (Å²) >= 11 is 0. The topological polar surface area (TPSA) is 61.2 Å². The molecule has 2 rings (SSSR count). The van der Waals surface area contributed by atoms with Crippen molar-refractivity contribution < 1.29 is 4.74 Å². The first kappa shape index (κ1) is 14.8. The number of pyridine rings is 1. The Morgan fingerprint density at radius 3 is 3.05 bits per heavy atom. The summed E-state index contributed by atoms with van der Waals surface area (Å²) in [5.74, 6) is 0.868. The fraction of sp³-hybridized carbons (Fsp3) is 0.600. The van der Waals surface area contributed by atoms with Gasteiger partial charge in [0.05, 0.1) is 18.2 Å². The summed E-state index contributed by atoms with van der Waals surface area (Å²) in [5.41, 5.74) is 1.54. The van der Waals surface area contributed by atoms with E-state index in [2.05, 4.69) is 21.3 Å². The maximum atomic E-state index is 9.10. The van der Waals surface area contributed by atoms with E-state index in [0.717, 1.165) is 31.1 Å². The molecule has 1 fully saturated rings. The molecule has 1 aliphatic heterocycles. The number of nitrogens with one attached hydrogen (secondary N) is 1. The van der Waals surface area contributed by atoms with Gasteiger partial charge in [-0.15, -0.1) is 0 Å². The molecule has 5 heteroatoms. The normalized spacial score (nSPS) is 17.9. The van der Waals surface area contributed by atoms with Crippen molar-refractivity contribution in [1.29, 1.82) is 5.26 Å². The molecular weight excluding hydrogens is 252 g/mol. The number of methoxy groups -OCH3 is 1. The van der Waals surface area contributed by atoms with E-state index in [1.807, 2.05) is 19.1 Å². The Balaban J connectivity index is 2.15. The highest BCUT2D eigenvalue weighted by Crippen LogP contribution is 2.17. The van der Waals surface area contributed by atoms with E-state index in [0.29, 0.717) is 18.2 Å². The second-order valence-electron chi connectivity index (χ2n) is 5.20. The van der Waals surface area contributed by atoms with Crippen LogP contribution >= 0.6 is 0 Å². The summed E-state index contributed by atoms with van der Waals surface area (Å²) in [6.07, 6.45) is 2.42. The van der Waals surface area contributed by atoms with E-state index in [9.17, 15) is 0 Å². The predicted molar refractivity (Wildman–Crippen MR) is 78.8 cm³/mol. The molecule has 0 saturated carbocycles. The molecule has 1 saturated heterocycles. The summed E-state index contributed by atoms with van der Waals surface area (Å²) in [5, 5.41) is 12.6. The molecule has 20 heavy (non-hydrogen) atoms. The van der Waals surface area contributed by atoms with Crippen LogP contribution in [0, 0.1) is 18.3 Å². The Hall–Kier alpha value is -1.64. The van der Waals surface area contributed by atoms with Gasteiger partial charge >= 0.3 is 0 Å². The number of anilines is 1. The molecule has 1 atom stereocenters. The number of rotatable bonds is 6. The van der Waals surface area contributed by atoms with Gasteiger partial charge in [-0.05, 0) is 38.4 Å². The van der Waals surface area contributed by atoms with Crippen LogP contribution in [0.15, 0.2) is 12.1 Å². The standard InChI is InChI=1S/C15H22N4O/c1-12-8-13(10-16)9-15(18-12)19(6-7-20-2)11-14-4-3-5-17-14/h8-9,14,17H,3-7,11H2,1-2H3. The van der Waals surface area contributed by atoms with Gasteiger partial charge in [-0.25, -0.2) is 4.98 Å². The van der Waals surface area contributed by atoms with Crippen LogP contribution in [0.2, 0.25) is 0 Å². The molecule has 0 aliphatic carbocycles. The van der Waals surface area contributed by atoms with Crippen LogP contribution in [0.5, 0.6) is 0 Å². The number of nitrogens with zero attached hydrogens (tertiary/aromatic N) is 3. The van der Waals surface area contributed by atoms with Crippen LogP contribution in [-0.4, -0.2) is 44.4 Å². The minimum absolute atomic E-state index is 0.500. The summed E-state index contributed by atoms with van der Waals surface area (Å²) in [6.45, 7) is 5.37. The molecule has 1 aliphatic rings. The Morgan fingerprint density at radius 1 is 1.55 bits per heavy atom. The maximum Gasteiger partial charge on any atom is 0.130 e. The quantitative estimate of drug-likeness (QED) is 0.851. The third kappa shape index (κ3) is 3.92. The first-order valence-corrected chi connectivity index (χ1v) is 7.09. The van der Waals surface area contributed by atoms with Gasteiger partial charge in [0.15, 0.2) is 0 Å². The molecule has 0 amide bonds. The highest BCUT2D eigenvalue weighted by Gasteiger charge is 2.19. The Bertz CT molecular complexity index is 477. The molecule has 1 N–H and O–H groups in total. The highest BCUT2D eigenvalue weighted by atomic mass is 16.5. The average molecular weight is 274 g/mol. The lowest BCUT2D eigenvalue weighted by Gasteiger charge is -2.27. The van der Waals surface area contributed by atoms with Gasteiger partial charge in [-0.1, -0.05) is 0 Å². The SMILES string of the molecule is COCCN(CC1CCCN1)c1cc(C#N)cc(C)n1. The molecule has 0 bridgehead atoms. The number of hydrogen-bond donors (Lipinski definition) is 1. The molecule has 0 aromatic carbocycles. The van der Waals surface area contributed by atoms with Crippen molar-refractivity contribution >= 4 is 5.82 Å². The predicted octanol–water partition coefficient (Wildman–Crippen LogP) is 1.47. The maximum absolute atomic E-state index is 9.10. The van der Waals surface area contributed by atoms with Crippen LogP contribution in [0.1, 0.15) is 24.1 Å². The van der Waals surface area contributed by atoms with E-state index in [4.69, 9.17) is 10.00 Å². The van der Waals surface area contributed by atoms with Gasteiger partial charge in [-0.3, -0.25) is 0 Å². The van der Waals surface area contributed by atoms with E-state index in [1.54, 1.807) is 7.11 Å². The number of nitriles is 1. The zero-order valence-corrected chi connectivity index (χ0v) is 12.2. The van der Waals surface area contributed by atoms with Crippen molar-refractivity contribution in [3.8, 4) is 6.07 Å². The van der Waals surface area contributed by atoms with Gasteiger partial charge in [0.1, 0.15) is 5.82 Å².